The van der Waals surface area contributed by atoms with Gasteiger partial charge in [0, 0.05) is 16.5 Å². The lowest BCUT2D eigenvalue weighted by Gasteiger charge is -2.04. The van der Waals surface area contributed by atoms with Gasteiger partial charge in [-0.1, -0.05) is 54.1 Å². The Labute approximate surface area is 204 Å². The van der Waals surface area contributed by atoms with Crippen molar-refractivity contribution >= 4 is 23.1 Å². The molecule has 0 bridgehead atoms. The number of furan rings is 1. The molecule has 1 aliphatic rings. The predicted molar refractivity (Wildman–Crippen MR) is 140 cm³/mol. The van der Waals surface area contributed by atoms with Crippen molar-refractivity contribution in [1.29, 1.82) is 0 Å². The molecule has 0 spiro atoms. The smallest absolute Gasteiger partial charge is 0.231 e. The molecule has 4 aromatic carbocycles. The van der Waals surface area contributed by atoms with Gasteiger partial charge in [-0.25, -0.2) is 0 Å². The molecule has 172 valence electrons. The van der Waals surface area contributed by atoms with Crippen molar-refractivity contribution in [2.24, 2.45) is 0 Å². The van der Waals surface area contributed by atoms with E-state index in [1.165, 1.54) is 5.56 Å². The summed E-state index contributed by atoms with van der Waals surface area (Å²) in [6.45, 7) is 2.36. The molecule has 0 unspecified atom stereocenters. The highest BCUT2D eigenvalue weighted by molar-refractivity contribution is 5.98. The van der Waals surface area contributed by atoms with E-state index in [9.17, 15) is 0 Å². The minimum atomic E-state index is 0.264. The minimum absolute atomic E-state index is 0.264. The summed E-state index contributed by atoms with van der Waals surface area (Å²) in [5, 5.41) is 1.06. The third-order valence-electron chi connectivity index (χ3n) is 6.27. The van der Waals surface area contributed by atoms with Crippen LogP contribution in [-0.2, 0) is 0 Å². The number of hydrogen-bond acceptors (Lipinski definition) is 4. The van der Waals surface area contributed by atoms with Crippen LogP contribution in [0.3, 0.4) is 0 Å². The van der Waals surface area contributed by atoms with E-state index < -0.39 is 0 Å². The first-order valence-corrected chi connectivity index (χ1v) is 11.5. The van der Waals surface area contributed by atoms with Gasteiger partial charge in [0.05, 0.1) is 7.11 Å². The molecule has 0 saturated carbocycles. The number of methoxy groups -OCH3 is 1. The lowest BCUT2D eigenvalue weighted by molar-refractivity contribution is 0.174. The Morgan fingerprint density at radius 1 is 0.743 bits per heavy atom. The van der Waals surface area contributed by atoms with E-state index in [1.54, 1.807) is 7.11 Å². The zero-order valence-electron chi connectivity index (χ0n) is 19.6. The molecular formula is C31H24O4. The van der Waals surface area contributed by atoms with Gasteiger partial charge in [0.15, 0.2) is 11.5 Å². The van der Waals surface area contributed by atoms with E-state index in [4.69, 9.17) is 18.6 Å². The molecule has 1 aliphatic heterocycles. The van der Waals surface area contributed by atoms with Crippen LogP contribution in [0, 0.1) is 6.92 Å². The molecular weight excluding hydrogens is 436 g/mol. The quantitative estimate of drug-likeness (QED) is 0.267. The normalized spacial score (nSPS) is 12.5. The Hall–Kier alpha value is -4.44. The number of aryl methyl sites for hydroxylation is 1. The van der Waals surface area contributed by atoms with Crippen LogP contribution in [0.2, 0.25) is 0 Å². The molecule has 0 radical (unpaired) electrons. The molecule has 4 nitrogen and oxygen atoms in total. The van der Waals surface area contributed by atoms with Crippen molar-refractivity contribution in [3.63, 3.8) is 0 Å². The Morgan fingerprint density at radius 3 is 2.37 bits per heavy atom. The molecule has 0 fully saturated rings. The van der Waals surface area contributed by atoms with Crippen molar-refractivity contribution in [2.45, 2.75) is 6.92 Å². The summed E-state index contributed by atoms with van der Waals surface area (Å²) in [6, 6.07) is 28.8. The van der Waals surface area contributed by atoms with Crippen LogP contribution in [0.15, 0.2) is 89.3 Å². The molecule has 0 atom stereocenters. The maximum Gasteiger partial charge on any atom is 0.231 e. The zero-order valence-corrected chi connectivity index (χ0v) is 19.6. The molecule has 4 heteroatoms. The third kappa shape index (κ3) is 4.04. The topological polar surface area (TPSA) is 40.8 Å². The second-order valence-electron chi connectivity index (χ2n) is 8.60. The van der Waals surface area contributed by atoms with Crippen LogP contribution in [0.1, 0.15) is 16.7 Å². The Balaban J connectivity index is 1.49. The van der Waals surface area contributed by atoms with Gasteiger partial charge in [-0.15, -0.1) is 0 Å². The van der Waals surface area contributed by atoms with E-state index in [0.717, 1.165) is 61.8 Å². The van der Waals surface area contributed by atoms with Gasteiger partial charge < -0.3 is 18.6 Å². The highest BCUT2D eigenvalue weighted by Crippen LogP contribution is 2.40. The molecule has 5 aromatic rings. The maximum absolute atomic E-state index is 6.41. The number of benzene rings is 4. The van der Waals surface area contributed by atoms with Crippen LogP contribution < -0.4 is 14.2 Å². The summed E-state index contributed by atoms with van der Waals surface area (Å²) < 4.78 is 22.8. The van der Waals surface area contributed by atoms with Crippen LogP contribution in [0.5, 0.6) is 17.2 Å². The highest BCUT2D eigenvalue weighted by Gasteiger charge is 2.17. The predicted octanol–water partition coefficient (Wildman–Crippen LogP) is 7.98. The van der Waals surface area contributed by atoms with Gasteiger partial charge in [-0.05, 0) is 72.2 Å². The fraction of sp³-hybridized carbons (Fsp3) is 0.0968. The number of hydrogen-bond donors (Lipinski definition) is 0. The summed E-state index contributed by atoms with van der Waals surface area (Å²) in [5.41, 5.74) is 7.38. The second-order valence-corrected chi connectivity index (χ2v) is 8.60. The molecule has 1 aromatic heterocycles. The summed E-state index contributed by atoms with van der Waals surface area (Å²) in [7, 11) is 1.67. The van der Waals surface area contributed by atoms with Crippen molar-refractivity contribution in [3.8, 4) is 39.7 Å². The largest absolute Gasteiger partial charge is 0.497 e. The van der Waals surface area contributed by atoms with E-state index in [-0.39, 0.29) is 6.79 Å². The first kappa shape index (κ1) is 21.1. The van der Waals surface area contributed by atoms with Gasteiger partial charge >= 0.3 is 0 Å². The molecule has 6 rings (SSSR count). The fourth-order valence-corrected chi connectivity index (χ4v) is 4.43. The molecule has 0 amide bonds. The van der Waals surface area contributed by atoms with Gasteiger partial charge in [-0.3, -0.25) is 0 Å². The fourth-order valence-electron chi connectivity index (χ4n) is 4.43. The lowest BCUT2D eigenvalue weighted by atomic mass is 9.99. The standard InChI is InChI=1S/C31H24O4/c1-20-4-3-5-24(16-20)31-26(13-8-21-6-11-25(32-2)12-7-21)27-17-22(9-14-28(27)35-31)23-10-15-29-30(18-23)34-19-33-29/h3-18H,19H2,1-2H3. The average molecular weight is 461 g/mol. The molecule has 0 aliphatic carbocycles. The van der Waals surface area contributed by atoms with Crippen molar-refractivity contribution in [2.75, 3.05) is 13.9 Å². The zero-order chi connectivity index (χ0) is 23.8. The first-order chi connectivity index (χ1) is 17.2. The third-order valence-corrected chi connectivity index (χ3v) is 6.27. The SMILES string of the molecule is COc1ccc(C=Cc2c(-c3cccc(C)c3)oc3ccc(-c4ccc5c(c4)OCO5)cc23)cc1. The summed E-state index contributed by atoms with van der Waals surface area (Å²) >= 11 is 0. The van der Waals surface area contributed by atoms with Crippen LogP contribution >= 0.6 is 0 Å². The minimum Gasteiger partial charge on any atom is -0.497 e. The first-order valence-electron chi connectivity index (χ1n) is 11.5. The van der Waals surface area contributed by atoms with Crippen LogP contribution in [-0.4, -0.2) is 13.9 Å². The number of rotatable bonds is 5. The Morgan fingerprint density at radius 2 is 1.54 bits per heavy atom. The molecule has 0 saturated heterocycles. The van der Waals surface area contributed by atoms with Gasteiger partial charge in [0.25, 0.3) is 0 Å². The summed E-state index contributed by atoms with van der Waals surface area (Å²) in [6.07, 6.45) is 4.24. The number of fused-ring (bicyclic) bond motifs is 2. The van der Waals surface area contributed by atoms with Gasteiger partial charge in [-0.2, -0.15) is 0 Å². The van der Waals surface area contributed by atoms with Crippen LogP contribution in [0.4, 0.5) is 0 Å². The van der Waals surface area contributed by atoms with Crippen molar-refractivity contribution in [3.05, 3.63) is 102 Å². The lowest BCUT2D eigenvalue weighted by Crippen LogP contribution is -1.92. The molecule has 35 heavy (non-hydrogen) atoms. The maximum atomic E-state index is 6.41. The highest BCUT2D eigenvalue weighted by atomic mass is 16.7. The van der Waals surface area contributed by atoms with E-state index in [2.05, 4.69) is 61.5 Å². The molecule has 0 N–H and O–H groups in total. The summed E-state index contributed by atoms with van der Waals surface area (Å²) in [4.78, 5) is 0. The van der Waals surface area contributed by atoms with Gasteiger partial charge in [0.2, 0.25) is 6.79 Å². The van der Waals surface area contributed by atoms with Gasteiger partial charge in [0.1, 0.15) is 17.1 Å². The average Bonchev–Trinajstić information content (AvgIpc) is 3.51. The Kier molecular flexibility index (Phi) is 5.27. The number of ether oxygens (including phenoxy) is 3. The van der Waals surface area contributed by atoms with E-state index >= 15 is 0 Å². The van der Waals surface area contributed by atoms with Crippen LogP contribution in [0.25, 0.3) is 45.6 Å². The molecule has 2 heterocycles. The Bertz CT molecular complexity index is 1560. The van der Waals surface area contributed by atoms with Crippen molar-refractivity contribution < 1.29 is 18.6 Å². The van der Waals surface area contributed by atoms with Crippen molar-refractivity contribution in [1.82, 2.24) is 0 Å². The second kappa shape index (κ2) is 8.73. The monoisotopic (exact) mass is 460 g/mol. The van der Waals surface area contributed by atoms with E-state index in [1.807, 2.05) is 42.5 Å². The summed E-state index contributed by atoms with van der Waals surface area (Å²) in [5.74, 6) is 3.25. The van der Waals surface area contributed by atoms with E-state index in [0.29, 0.717) is 0 Å².